The molecule has 4 nitrogen and oxygen atoms in total. The fourth-order valence-corrected chi connectivity index (χ4v) is 3.94. The molecule has 148 valence electrons. The Kier molecular flexibility index (Phi) is 5.26. The van der Waals surface area contributed by atoms with Crippen LogP contribution < -0.4 is 15.1 Å². The minimum atomic E-state index is -0.0545. The third-order valence-electron chi connectivity index (χ3n) is 5.43. The second-order valence-electron chi connectivity index (χ2n) is 7.73. The molecule has 0 aliphatic carbocycles. The van der Waals surface area contributed by atoms with Crippen LogP contribution in [0.2, 0.25) is 0 Å². The predicted octanol–water partition coefficient (Wildman–Crippen LogP) is 5.29. The van der Waals surface area contributed by atoms with Gasteiger partial charge in [-0.05, 0) is 55.8 Å². The van der Waals surface area contributed by atoms with Gasteiger partial charge in [0.2, 0.25) is 5.91 Å². The number of nitrogens with zero attached hydrogens (tertiary/aromatic N) is 2. The van der Waals surface area contributed by atoms with Gasteiger partial charge in [-0.3, -0.25) is 4.79 Å². The Balaban J connectivity index is 1.71. The van der Waals surface area contributed by atoms with Crippen LogP contribution in [0, 0.1) is 13.8 Å². The van der Waals surface area contributed by atoms with Gasteiger partial charge in [0.25, 0.3) is 0 Å². The summed E-state index contributed by atoms with van der Waals surface area (Å²) in [6, 6.07) is 25.7. The zero-order valence-corrected chi connectivity index (χ0v) is 17.2. The van der Waals surface area contributed by atoms with Crippen molar-refractivity contribution in [1.82, 2.24) is 0 Å². The molecule has 4 heteroatoms. The van der Waals surface area contributed by atoms with Crippen molar-refractivity contribution in [2.75, 3.05) is 28.2 Å². The number of nitrogens with one attached hydrogen (secondary N) is 1. The highest BCUT2D eigenvalue weighted by Gasteiger charge is 2.33. The molecule has 1 saturated heterocycles. The smallest absolute Gasteiger partial charge is 0.221 e. The van der Waals surface area contributed by atoms with Crippen LogP contribution in [0.5, 0.6) is 0 Å². The highest BCUT2D eigenvalue weighted by atomic mass is 16.1. The second kappa shape index (κ2) is 8.00. The molecular weight excluding hydrogens is 358 g/mol. The largest absolute Gasteiger partial charge is 0.346 e. The van der Waals surface area contributed by atoms with Gasteiger partial charge in [0.05, 0.1) is 0 Å². The molecule has 1 amide bonds. The highest BCUT2D eigenvalue weighted by Crippen LogP contribution is 2.38. The number of carbonyl (C=O) groups excluding carboxylic acids is 1. The first-order valence-corrected chi connectivity index (χ1v) is 10.1. The number of amides is 1. The van der Waals surface area contributed by atoms with Crippen molar-refractivity contribution in [3.05, 3.63) is 89.5 Å². The van der Waals surface area contributed by atoms with Gasteiger partial charge in [-0.15, -0.1) is 0 Å². The number of carbonyl (C=O) groups is 1. The molecule has 1 aliphatic rings. The Bertz CT molecular complexity index is 925. The quantitative estimate of drug-likeness (QED) is 0.663. The molecule has 29 heavy (non-hydrogen) atoms. The molecule has 0 spiro atoms. The first-order chi connectivity index (χ1) is 14.0. The lowest BCUT2D eigenvalue weighted by Crippen LogP contribution is -2.31. The van der Waals surface area contributed by atoms with E-state index >= 15 is 0 Å². The van der Waals surface area contributed by atoms with Crippen molar-refractivity contribution in [1.29, 1.82) is 0 Å². The summed E-state index contributed by atoms with van der Waals surface area (Å²) in [5.74, 6) is -0.0545. The van der Waals surface area contributed by atoms with Crippen LogP contribution >= 0.6 is 0 Å². The van der Waals surface area contributed by atoms with E-state index in [0.29, 0.717) is 0 Å². The van der Waals surface area contributed by atoms with E-state index in [9.17, 15) is 4.79 Å². The Morgan fingerprint density at radius 3 is 1.62 bits per heavy atom. The van der Waals surface area contributed by atoms with E-state index in [1.807, 2.05) is 12.1 Å². The summed E-state index contributed by atoms with van der Waals surface area (Å²) in [4.78, 5) is 16.3. The topological polar surface area (TPSA) is 35.6 Å². The van der Waals surface area contributed by atoms with E-state index in [0.717, 1.165) is 18.8 Å². The Labute approximate surface area is 172 Å². The first kappa shape index (κ1) is 19.1. The van der Waals surface area contributed by atoms with Gasteiger partial charge in [-0.1, -0.05) is 47.5 Å². The first-order valence-electron chi connectivity index (χ1n) is 10.1. The van der Waals surface area contributed by atoms with Gasteiger partial charge in [0.15, 0.2) is 0 Å². The van der Waals surface area contributed by atoms with E-state index < -0.39 is 0 Å². The van der Waals surface area contributed by atoms with Crippen molar-refractivity contribution >= 4 is 23.0 Å². The number of benzene rings is 3. The number of anilines is 3. The maximum absolute atomic E-state index is 11.4. The van der Waals surface area contributed by atoms with Crippen molar-refractivity contribution in [3.63, 3.8) is 0 Å². The zero-order chi connectivity index (χ0) is 20.4. The second-order valence-corrected chi connectivity index (χ2v) is 7.73. The molecule has 1 fully saturated rings. The van der Waals surface area contributed by atoms with Gasteiger partial charge in [-0.25, -0.2) is 0 Å². The van der Waals surface area contributed by atoms with Crippen molar-refractivity contribution in [3.8, 4) is 0 Å². The third kappa shape index (κ3) is 4.11. The fourth-order valence-electron chi connectivity index (χ4n) is 3.94. The summed E-state index contributed by atoms with van der Waals surface area (Å²) >= 11 is 0. The molecule has 1 aliphatic heterocycles. The standard InChI is InChI=1S/C25H27N3O/c1-18-4-12-23(13-5-18)27-16-17-28(24-14-6-19(2)7-15-24)25(27)21-8-10-22(11-9-21)26-20(3)29/h4-15,25H,16-17H2,1-3H3,(H,26,29). The molecule has 1 heterocycles. The van der Waals surface area contributed by atoms with Crippen LogP contribution in [-0.4, -0.2) is 19.0 Å². The maximum Gasteiger partial charge on any atom is 0.221 e. The van der Waals surface area contributed by atoms with Gasteiger partial charge in [0, 0.05) is 37.1 Å². The van der Waals surface area contributed by atoms with Gasteiger partial charge >= 0.3 is 0 Å². The number of hydrogen-bond donors (Lipinski definition) is 1. The number of hydrogen-bond acceptors (Lipinski definition) is 3. The summed E-state index contributed by atoms with van der Waals surface area (Å²) in [5, 5.41) is 2.85. The van der Waals surface area contributed by atoms with E-state index in [-0.39, 0.29) is 12.1 Å². The van der Waals surface area contributed by atoms with Gasteiger partial charge in [-0.2, -0.15) is 0 Å². The lowest BCUT2D eigenvalue weighted by atomic mass is 10.1. The molecule has 3 aromatic rings. The van der Waals surface area contributed by atoms with Crippen LogP contribution in [0.4, 0.5) is 17.1 Å². The Hall–Kier alpha value is -3.27. The van der Waals surface area contributed by atoms with Crippen LogP contribution in [0.1, 0.15) is 29.8 Å². The maximum atomic E-state index is 11.4. The minimum absolute atomic E-state index is 0.0545. The molecule has 3 aromatic carbocycles. The van der Waals surface area contributed by atoms with Gasteiger partial charge < -0.3 is 15.1 Å². The van der Waals surface area contributed by atoms with Crippen LogP contribution in [-0.2, 0) is 4.79 Å². The molecule has 0 bridgehead atoms. The fraction of sp³-hybridized carbons (Fsp3) is 0.240. The SMILES string of the molecule is CC(=O)Nc1ccc(C2N(c3ccc(C)cc3)CCN2c2ccc(C)cc2)cc1. The van der Waals surface area contributed by atoms with Crippen LogP contribution in [0.3, 0.4) is 0 Å². The lowest BCUT2D eigenvalue weighted by molar-refractivity contribution is -0.114. The summed E-state index contributed by atoms with van der Waals surface area (Å²) in [6.07, 6.45) is 0.104. The molecule has 0 radical (unpaired) electrons. The normalized spacial score (nSPS) is 14.3. The van der Waals surface area contributed by atoms with E-state index in [1.54, 1.807) is 0 Å². The zero-order valence-electron chi connectivity index (χ0n) is 17.2. The predicted molar refractivity (Wildman–Crippen MR) is 121 cm³/mol. The third-order valence-corrected chi connectivity index (χ3v) is 5.43. The Morgan fingerprint density at radius 1 is 0.759 bits per heavy atom. The molecule has 0 aromatic heterocycles. The molecule has 0 atom stereocenters. The van der Waals surface area contributed by atoms with Crippen molar-refractivity contribution < 1.29 is 4.79 Å². The summed E-state index contributed by atoms with van der Waals surface area (Å²) in [6.45, 7) is 7.67. The van der Waals surface area contributed by atoms with E-state index in [4.69, 9.17) is 0 Å². The van der Waals surface area contributed by atoms with Gasteiger partial charge in [0.1, 0.15) is 6.17 Å². The number of aryl methyl sites for hydroxylation is 2. The summed E-state index contributed by atoms with van der Waals surface area (Å²) < 4.78 is 0. The molecule has 0 unspecified atom stereocenters. The monoisotopic (exact) mass is 385 g/mol. The van der Waals surface area contributed by atoms with Crippen molar-refractivity contribution in [2.24, 2.45) is 0 Å². The van der Waals surface area contributed by atoms with Crippen LogP contribution in [0.25, 0.3) is 0 Å². The molecule has 0 saturated carbocycles. The van der Waals surface area contributed by atoms with E-state index in [1.165, 1.54) is 35.0 Å². The highest BCUT2D eigenvalue weighted by molar-refractivity contribution is 5.88. The average molecular weight is 386 g/mol. The molecular formula is C25H27N3O. The summed E-state index contributed by atoms with van der Waals surface area (Å²) in [5.41, 5.74) is 7.00. The number of rotatable bonds is 4. The average Bonchev–Trinajstić information content (AvgIpc) is 3.14. The Morgan fingerprint density at radius 2 is 1.21 bits per heavy atom. The minimum Gasteiger partial charge on any atom is -0.346 e. The molecule has 1 N–H and O–H groups in total. The van der Waals surface area contributed by atoms with E-state index in [2.05, 4.69) is 89.6 Å². The van der Waals surface area contributed by atoms with Crippen molar-refractivity contribution in [2.45, 2.75) is 26.9 Å². The van der Waals surface area contributed by atoms with Crippen LogP contribution in [0.15, 0.2) is 72.8 Å². The lowest BCUT2D eigenvalue weighted by Gasteiger charge is -2.33. The summed E-state index contributed by atoms with van der Waals surface area (Å²) in [7, 11) is 0. The molecule has 4 rings (SSSR count).